The molecule has 1 heterocycles. The molecule has 0 radical (unpaired) electrons. The summed E-state index contributed by atoms with van der Waals surface area (Å²) < 4.78 is 29.9. The lowest BCUT2D eigenvalue weighted by Crippen LogP contribution is -2.48. The van der Waals surface area contributed by atoms with Gasteiger partial charge in [0.25, 0.3) is 0 Å². The quantitative estimate of drug-likeness (QED) is 0.572. The van der Waals surface area contributed by atoms with Gasteiger partial charge >= 0.3 is 0 Å². The fraction of sp³-hybridized carbons (Fsp3) is 0.320. The number of sulfonamides is 1. The number of benzene rings is 2. The molecule has 0 amide bonds. The summed E-state index contributed by atoms with van der Waals surface area (Å²) in [4.78, 5) is 12.6. The highest BCUT2D eigenvalue weighted by atomic mass is 79.9. The Balaban J connectivity index is 1.79. The zero-order valence-electron chi connectivity index (χ0n) is 17.9. The third kappa shape index (κ3) is 3.86. The molecular formula is C25H26BrNO3S. The van der Waals surface area contributed by atoms with E-state index >= 15 is 0 Å². The van der Waals surface area contributed by atoms with E-state index in [4.69, 9.17) is 0 Å². The zero-order valence-corrected chi connectivity index (χ0v) is 20.3. The Morgan fingerprint density at radius 1 is 1.13 bits per heavy atom. The van der Waals surface area contributed by atoms with Crippen LogP contribution in [0, 0.1) is 25.7 Å². The Bertz CT molecular complexity index is 1180. The fourth-order valence-corrected chi connectivity index (χ4v) is 7.29. The molecule has 1 aliphatic carbocycles. The van der Waals surface area contributed by atoms with Crippen LogP contribution >= 0.6 is 15.9 Å². The van der Waals surface area contributed by atoms with Gasteiger partial charge in [-0.1, -0.05) is 52.3 Å². The Kier molecular flexibility index (Phi) is 5.61. The number of ketones is 1. The zero-order chi connectivity index (χ0) is 22.6. The third-order valence-corrected chi connectivity index (χ3v) is 9.08. The van der Waals surface area contributed by atoms with Gasteiger partial charge in [-0.05, 0) is 73.7 Å². The molecule has 0 spiro atoms. The van der Waals surface area contributed by atoms with Gasteiger partial charge < -0.3 is 0 Å². The van der Waals surface area contributed by atoms with Crippen LogP contribution in [0.15, 0.2) is 70.6 Å². The molecule has 2 aromatic rings. The van der Waals surface area contributed by atoms with Gasteiger partial charge in [0.15, 0.2) is 5.78 Å². The second-order valence-electron chi connectivity index (χ2n) is 8.83. The summed E-state index contributed by atoms with van der Waals surface area (Å²) >= 11 is 3.55. The average molecular weight is 500 g/mol. The predicted molar refractivity (Wildman–Crippen MR) is 127 cm³/mol. The van der Waals surface area contributed by atoms with Gasteiger partial charge in [0.2, 0.25) is 10.0 Å². The van der Waals surface area contributed by atoms with E-state index in [-0.39, 0.29) is 22.5 Å². The minimum absolute atomic E-state index is 0.0280. The normalized spacial score (nSPS) is 26.1. The van der Waals surface area contributed by atoms with E-state index in [1.807, 2.05) is 45.0 Å². The summed E-state index contributed by atoms with van der Waals surface area (Å²) in [5.41, 5.74) is 3.15. The summed E-state index contributed by atoms with van der Waals surface area (Å²) in [5.74, 6) is -0.301. The Hall–Kier alpha value is -2.02. The maximum atomic E-state index is 13.7. The van der Waals surface area contributed by atoms with Crippen molar-refractivity contribution in [3.05, 3.63) is 82.4 Å². The largest absolute Gasteiger partial charge is 0.295 e. The summed E-state index contributed by atoms with van der Waals surface area (Å²) in [5, 5.41) is 0. The summed E-state index contributed by atoms with van der Waals surface area (Å²) in [6.07, 6.45) is 3.61. The van der Waals surface area contributed by atoms with E-state index in [2.05, 4.69) is 28.6 Å². The number of carbonyl (C=O) groups excluding carboxylic acids is 1. The molecule has 3 atom stereocenters. The number of nitrogens with zero attached hydrogens (tertiary/aromatic N) is 1. The molecule has 2 aromatic carbocycles. The van der Waals surface area contributed by atoms with E-state index < -0.39 is 15.6 Å². The highest BCUT2D eigenvalue weighted by Crippen LogP contribution is 2.50. The number of aryl methyl sites for hydroxylation is 2. The van der Waals surface area contributed by atoms with Gasteiger partial charge in [-0.3, -0.25) is 4.79 Å². The van der Waals surface area contributed by atoms with Crippen LogP contribution in [-0.4, -0.2) is 30.6 Å². The van der Waals surface area contributed by atoms with Gasteiger partial charge in [-0.2, -0.15) is 4.31 Å². The van der Waals surface area contributed by atoms with Crippen molar-refractivity contribution in [2.45, 2.75) is 37.6 Å². The summed E-state index contributed by atoms with van der Waals surface area (Å²) in [7, 11) is -3.75. The second-order valence-corrected chi connectivity index (χ2v) is 11.6. The first-order chi connectivity index (χ1) is 14.5. The first kappa shape index (κ1) is 22.2. The molecule has 0 N–H and O–H groups in total. The smallest absolute Gasteiger partial charge is 0.243 e. The molecule has 6 heteroatoms. The van der Waals surface area contributed by atoms with Crippen molar-refractivity contribution in [3.8, 4) is 0 Å². The molecule has 1 fully saturated rings. The van der Waals surface area contributed by atoms with E-state index in [1.54, 1.807) is 22.5 Å². The highest BCUT2D eigenvalue weighted by molar-refractivity contribution is 9.10. The molecule has 31 heavy (non-hydrogen) atoms. The van der Waals surface area contributed by atoms with E-state index in [0.29, 0.717) is 13.0 Å². The molecule has 0 unspecified atom stereocenters. The van der Waals surface area contributed by atoms with Crippen molar-refractivity contribution in [2.75, 3.05) is 6.54 Å². The lowest BCUT2D eigenvalue weighted by molar-refractivity contribution is -0.116. The number of carbonyl (C=O) groups is 1. The van der Waals surface area contributed by atoms with Crippen molar-refractivity contribution in [2.24, 2.45) is 11.8 Å². The molecule has 0 saturated carbocycles. The minimum Gasteiger partial charge on any atom is -0.295 e. The number of halogens is 1. The standard InChI is InChI=1S/C25H26BrNO3S/c1-16-5-7-22(8-6-16)31(29,30)27-15-23(24-14-21(28)9-10-25(24,27)4)18(3)19-11-17(2)12-20(26)13-19/h5-13,23-24H,3,14-15H2,1-2,4H3/t23-,24+,25+/m0/s1. The van der Waals surface area contributed by atoms with Crippen LogP contribution in [0.5, 0.6) is 0 Å². The third-order valence-electron chi connectivity index (χ3n) is 6.63. The highest BCUT2D eigenvalue weighted by Gasteiger charge is 2.56. The molecule has 2 aliphatic rings. The van der Waals surface area contributed by atoms with E-state index in [9.17, 15) is 13.2 Å². The van der Waals surface area contributed by atoms with Crippen LogP contribution in [0.25, 0.3) is 5.57 Å². The van der Waals surface area contributed by atoms with Crippen molar-refractivity contribution in [1.82, 2.24) is 4.31 Å². The van der Waals surface area contributed by atoms with Crippen LogP contribution in [0.1, 0.15) is 30.0 Å². The topological polar surface area (TPSA) is 54.5 Å². The first-order valence-corrected chi connectivity index (χ1v) is 12.5. The second kappa shape index (κ2) is 7.84. The maximum absolute atomic E-state index is 13.7. The van der Waals surface area contributed by atoms with Crippen LogP contribution in [0.3, 0.4) is 0 Å². The molecule has 162 valence electrons. The van der Waals surface area contributed by atoms with Gasteiger partial charge in [0.05, 0.1) is 10.4 Å². The first-order valence-electron chi connectivity index (χ1n) is 10.3. The Morgan fingerprint density at radius 2 is 1.81 bits per heavy atom. The van der Waals surface area contributed by atoms with Crippen LogP contribution in [0.4, 0.5) is 0 Å². The van der Waals surface area contributed by atoms with Gasteiger partial charge in [0.1, 0.15) is 0 Å². The van der Waals surface area contributed by atoms with Crippen molar-refractivity contribution < 1.29 is 13.2 Å². The average Bonchev–Trinajstić information content (AvgIpc) is 3.00. The fourth-order valence-electron chi connectivity index (χ4n) is 4.88. The predicted octanol–water partition coefficient (Wildman–Crippen LogP) is 5.30. The van der Waals surface area contributed by atoms with Crippen LogP contribution in [0.2, 0.25) is 0 Å². The molecule has 1 aliphatic heterocycles. The SMILES string of the molecule is C=C(c1cc(C)cc(Br)c1)[C@@H]1CN(S(=O)(=O)c2ccc(C)cc2)[C@]2(C)C=CC(=O)C[C@H]12. The molecule has 0 aromatic heterocycles. The number of hydrogen-bond donors (Lipinski definition) is 0. The maximum Gasteiger partial charge on any atom is 0.243 e. The van der Waals surface area contributed by atoms with Crippen molar-refractivity contribution in [3.63, 3.8) is 0 Å². The van der Waals surface area contributed by atoms with Gasteiger partial charge in [-0.15, -0.1) is 0 Å². The summed E-state index contributed by atoms with van der Waals surface area (Å²) in [6.45, 7) is 10.5. The van der Waals surface area contributed by atoms with Crippen LogP contribution < -0.4 is 0 Å². The molecule has 4 rings (SSSR count). The number of fused-ring (bicyclic) bond motifs is 1. The Morgan fingerprint density at radius 3 is 2.45 bits per heavy atom. The minimum atomic E-state index is -3.75. The van der Waals surface area contributed by atoms with Gasteiger partial charge in [-0.25, -0.2) is 8.42 Å². The number of hydrogen-bond acceptors (Lipinski definition) is 3. The van der Waals surface area contributed by atoms with Gasteiger partial charge in [0, 0.05) is 23.4 Å². The molecule has 1 saturated heterocycles. The van der Waals surface area contributed by atoms with E-state index in [1.165, 1.54) is 6.08 Å². The number of rotatable bonds is 4. The van der Waals surface area contributed by atoms with Crippen LogP contribution in [-0.2, 0) is 14.8 Å². The molecular weight excluding hydrogens is 474 g/mol. The monoisotopic (exact) mass is 499 g/mol. The molecule has 4 nitrogen and oxygen atoms in total. The lowest BCUT2D eigenvalue weighted by atomic mass is 9.72. The number of allylic oxidation sites excluding steroid dienone is 1. The Labute approximate surface area is 192 Å². The molecule has 0 bridgehead atoms. The van der Waals surface area contributed by atoms with E-state index in [0.717, 1.165) is 26.7 Å². The van der Waals surface area contributed by atoms with Crippen molar-refractivity contribution in [1.29, 1.82) is 0 Å². The van der Waals surface area contributed by atoms with Crippen molar-refractivity contribution >= 4 is 37.3 Å². The lowest BCUT2D eigenvalue weighted by Gasteiger charge is -2.38. The summed E-state index contributed by atoms with van der Waals surface area (Å²) in [6, 6.07) is 13.0.